The normalized spacial score (nSPS) is 10.6. The van der Waals surface area contributed by atoms with E-state index in [4.69, 9.17) is 4.74 Å². The third-order valence-corrected chi connectivity index (χ3v) is 4.20. The number of benzene rings is 1. The average Bonchev–Trinajstić information content (AvgIpc) is 2.38. The molecule has 106 valence electrons. The molecule has 3 nitrogen and oxygen atoms in total. The standard InChI is InChI=1S/C14H13Br3N2O/c1-18-5-9-3-12(16)14(13(17)4-9)20-8-10-2-11(15)7-19-6-10/h2-4,6-7,18H,5,8H2,1H3. The molecule has 0 saturated carbocycles. The number of aromatic nitrogens is 1. The van der Waals surface area contributed by atoms with Gasteiger partial charge in [0.1, 0.15) is 12.4 Å². The Hall–Kier alpha value is -0.430. The minimum Gasteiger partial charge on any atom is -0.486 e. The maximum absolute atomic E-state index is 5.87. The Bertz CT molecular complexity index is 582. The topological polar surface area (TPSA) is 34.1 Å². The van der Waals surface area contributed by atoms with Crippen molar-refractivity contribution in [2.24, 2.45) is 0 Å². The van der Waals surface area contributed by atoms with Crippen LogP contribution in [0.2, 0.25) is 0 Å². The van der Waals surface area contributed by atoms with Crippen LogP contribution in [0.15, 0.2) is 44.0 Å². The van der Waals surface area contributed by atoms with Crippen LogP contribution in [0, 0.1) is 0 Å². The molecule has 1 aromatic heterocycles. The molecule has 0 aliphatic rings. The van der Waals surface area contributed by atoms with E-state index >= 15 is 0 Å². The first-order chi connectivity index (χ1) is 9.60. The molecule has 0 spiro atoms. The summed E-state index contributed by atoms with van der Waals surface area (Å²) in [6, 6.07) is 6.09. The number of rotatable bonds is 5. The molecule has 0 fully saturated rings. The highest BCUT2D eigenvalue weighted by molar-refractivity contribution is 9.11. The van der Waals surface area contributed by atoms with Crippen LogP contribution in [0.5, 0.6) is 5.75 Å². The van der Waals surface area contributed by atoms with Crippen molar-refractivity contribution < 1.29 is 4.74 Å². The van der Waals surface area contributed by atoms with Crippen LogP contribution in [-0.4, -0.2) is 12.0 Å². The third-order valence-electron chi connectivity index (χ3n) is 2.58. The van der Waals surface area contributed by atoms with Crippen LogP contribution in [0.25, 0.3) is 0 Å². The van der Waals surface area contributed by atoms with Gasteiger partial charge in [0, 0.05) is 29.0 Å². The Balaban J connectivity index is 2.13. The van der Waals surface area contributed by atoms with Gasteiger partial charge in [0.05, 0.1) is 8.95 Å². The van der Waals surface area contributed by atoms with E-state index in [9.17, 15) is 0 Å². The van der Waals surface area contributed by atoms with Gasteiger partial charge in [-0.1, -0.05) is 0 Å². The number of hydrogen-bond donors (Lipinski definition) is 1. The molecule has 20 heavy (non-hydrogen) atoms. The van der Waals surface area contributed by atoms with Crippen molar-refractivity contribution in [3.8, 4) is 5.75 Å². The van der Waals surface area contributed by atoms with Crippen molar-refractivity contribution in [2.45, 2.75) is 13.2 Å². The number of halogens is 3. The lowest BCUT2D eigenvalue weighted by atomic mass is 10.2. The zero-order valence-corrected chi connectivity index (χ0v) is 15.5. The van der Waals surface area contributed by atoms with Gasteiger partial charge in [-0.15, -0.1) is 0 Å². The molecule has 0 aliphatic heterocycles. The fraction of sp³-hybridized carbons (Fsp3) is 0.214. The summed E-state index contributed by atoms with van der Waals surface area (Å²) < 4.78 is 8.67. The molecule has 0 atom stereocenters. The first kappa shape index (κ1) is 15.9. The van der Waals surface area contributed by atoms with Gasteiger partial charge < -0.3 is 10.1 Å². The molecule has 2 aromatic rings. The van der Waals surface area contributed by atoms with E-state index in [0.29, 0.717) is 6.61 Å². The summed E-state index contributed by atoms with van der Waals surface area (Å²) in [6.07, 6.45) is 3.55. The highest BCUT2D eigenvalue weighted by Crippen LogP contribution is 2.35. The Labute approximate surface area is 143 Å². The monoisotopic (exact) mass is 462 g/mol. The van der Waals surface area contributed by atoms with Gasteiger partial charge in [0.2, 0.25) is 0 Å². The number of ether oxygens (including phenoxy) is 1. The number of hydrogen-bond acceptors (Lipinski definition) is 3. The summed E-state index contributed by atoms with van der Waals surface area (Å²) in [7, 11) is 1.92. The molecular formula is C14H13Br3N2O. The van der Waals surface area contributed by atoms with Crippen LogP contribution in [-0.2, 0) is 13.2 Å². The van der Waals surface area contributed by atoms with Crippen molar-refractivity contribution >= 4 is 47.8 Å². The number of pyridine rings is 1. The molecule has 1 heterocycles. The third kappa shape index (κ3) is 4.28. The summed E-state index contributed by atoms with van der Waals surface area (Å²) in [5.74, 6) is 0.796. The van der Waals surface area contributed by atoms with E-state index in [-0.39, 0.29) is 0 Å². The van der Waals surface area contributed by atoms with Gasteiger partial charge in [-0.05, 0) is 78.6 Å². The SMILES string of the molecule is CNCc1cc(Br)c(OCc2cncc(Br)c2)c(Br)c1. The van der Waals surface area contributed by atoms with E-state index in [1.54, 1.807) is 12.4 Å². The highest BCUT2D eigenvalue weighted by Gasteiger charge is 2.09. The summed E-state index contributed by atoms with van der Waals surface area (Å²) >= 11 is 10.5. The van der Waals surface area contributed by atoms with Gasteiger partial charge in [0.15, 0.2) is 0 Å². The van der Waals surface area contributed by atoms with Gasteiger partial charge in [0.25, 0.3) is 0 Å². The molecule has 0 bridgehead atoms. The zero-order chi connectivity index (χ0) is 14.5. The lowest BCUT2D eigenvalue weighted by Gasteiger charge is -2.12. The molecule has 0 aliphatic carbocycles. The Morgan fingerprint density at radius 3 is 2.35 bits per heavy atom. The van der Waals surface area contributed by atoms with Gasteiger partial charge >= 0.3 is 0 Å². The maximum atomic E-state index is 5.87. The number of nitrogens with zero attached hydrogens (tertiary/aromatic N) is 1. The first-order valence-corrected chi connectivity index (χ1v) is 8.33. The molecule has 0 saturated heterocycles. The summed E-state index contributed by atoms with van der Waals surface area (Å²) in [6.45, 7) is 1.28. The average molecular weight is 465 g/mol. The van der Waals surface area contributed by atoms with Crippen LogP contribution < -0.4 is 10.1 Å². The summed E-state index contributed by atoms with van der Waals surface area (Å²) in [5, 5.41) is 3.13. The number of nitrogens with one attached hydrogen (secondary N) is 1. The van der Waals surface area contributed by atoms with E-state index in [1.807, 2.05) is 13.1 Å². The molecule has 6 heteroatoms. The van der Waals surface area contributed by atoms with Crippen molar-refractivity contribution in [3.63, 3.8) is 0 Å². The molecular weight excluding hydrogens is 452 g/mol. The quantitative estimate of drug-likeness (QED) is 0.698. The second-order valence-corrected chi connectivity index (χ2v) is 6.84. The molecule has 0 amide bonds. The van der Waals surface area contributed by atoms with Crippen LogP contribution in [0.3, 0.4) is 0 Å². The van der Waals surface area contributed by atoms with Gasteiger partial charge in [-0.25, -0.2) is 0 Å². The van der Waals surface area contributed by atoms with Gasteiger partial charge in [-0.2, -0.15) is 0 Å². The first-order valence-electron chi connectivity index (χ1n) is 5.95. The predicted octanol–water partition coefficient (Wildman–Crippen LogP) is 4.67. The molecule has 0 unspecified atom stereocenters. The van der Waals surface area contributed by atoms with E-state index in [0.717, 1.165) is 31.3 Å². The highest BCUT2D eigenvalue weighted by atomic mass is 79.9. The van der Waals surface area contributed by atoms with E-state index in [1.165, 1.54) is 5.56 Å². The van der Waals surface area contributed by atoms with Crippen LogP contribution in [0.4, 0.5) is 0 Å². The van der Waals surface area contributed by atoms with E-state index < -0.39 is 0 Å². The predicted molar refractivity (Wildman–Crippen MR) is 90.9 cm³/mol. The summed E-state index contributed by atoms with van der Waals surface area (Å²) in [4.78, 5) is 4.12. The second kappa shape index (κ2) is 7.54. The van der Waals surface area contributed by atoms with Crippen molar-refractivity contribution in [3.05, 3.63) is 55.1 Å². The lowest BCUT2D eigenvalue weighted by molar-refractivity contribution is 0.301. The largest absolute Gasteiger partial charge is 0.486 e. The zero-order valence-electron chi connectivity index (χ0n) is 10.8. The molecule has 0 radical (unpaired) electrons. The van der Waals surface area contributed by atoms with Crippen LogP contribution in [0.1, 0.15) is 11.1 Å². The minimum atomic E-state index is 0.467. The molecule has 2 rings (SSSR count). The fourth-order valence-corrected chi connectivity index (χ4v) is 3.67. The minimum absolute atomic E-state index is 0.467. The van der Waals surface area contributed by atoms with E-state index in [2.05, 4.69) is 70.2 Å². The van der Waals surface area contributed by atoms with Crippen molar-refractivity contribution in [2.75, 3.05) is 7.05 Å². The Morgan fingerprint density at radius 1 is 1.05 bits per heavy atom. The maximum Gasteiger partial charge on any atom is 0.148 e. The Morgan fingerprint density at radius 2 is 1.75 bits per heavy atom. The fourth-order valence-electron chi connectivity index (χ4n) is 1.75. The smallest absolute Gasteiger partial charge is 0.148 e. The van der Waals surface area contributed by atoms with Crippen LogP contribution >= 0.6 is 47.8 Å². The Kier molecular flexibility index (Phi) is 6.01. The van der Waals surface area contributed by atoms with Gasteiger partial charge in [-0.3, -0.25) is 4.98 Å². The lowest BCUT2D eigenvalue weighted by Crippen LogP contribution is -2.05. The van der Waals surface area contributed by atoms with Crippen molar-refractivity contribution in [1.82, 2.24) is 10.3 Å². The second-order valence-electron chi connectivity index (χ2n) is 4.22. The molecule has 1 N–H and O–H groups in total. The van der Waals surface area contributed by atoms with Crippen molar-refractivity contribution in [1.29, 1.82) is 0 Å². The summed E-state index contributed by atoms with van der Waals surface area (Å²) in [5.41, 5.74) is 2.19. The molecule has 1 aromatic carbocycles.